The average molecular weight is 359 g/mol. The number of ether oxygens (including phenoxy) is 1. The summed E-state index contributed by atoms with van der Waals surface area (Å²) in [4.78, 5) is 25.1. The molecule has 3 rings (SSSR count). The van der Waals surface area contributed by atoms with Crippen LogP contribution in [0.2, 0.25) is 0 Å². The SMILES string of the molecule is O=[N+]([O-])O.O=[N+]([O-])O.O=[N+]([O-])O.OC1(C2(O)CCC23CCO3)CC1. The molecule has 0 aromatic rings. The summed E-state index contributed by atoms with van der Waals surface area (Å²) in [6.07, 6.45) is 4.05. The molecule has 1 spiro atoms. The molecule has 0 aromatic heterocycles. The van der Waals surface area contributed by atoms with Gasteiger partial charge in [0, 0.05) is 6.42 Å². The van der Waals surface area contributed by atoms with E-state index in [9.17, 15) is 10.2 Å². The second kappa shape index (κ2) is 7.84. The molecule has 1 aliphatic heterocycles. The minimum atomic E-state index is -1.50. The lowest BCUT2D eigenvalue weighted by Gasteiger charge is -2.62. The lowest BCUT2D eigenvalue weighted by molar-refractivity contribution is -0.742. The van der Waals surface area contributed by atoms with E-state index in [0.29, 0.717) is 6.42 Å². The zero-order chi connectivity index (χ0) is 19.2. The lowest BCUT2D eigenvalue weighted by Crippen LogP contribution is -2.75. The van der Waals surface area contributed by atoms with E-state index in [1.165, 1.54) is 0 Å². The molecule has 2 atom stereocenters. The second-order valence-corrected chi connectivity index (χ2v) is 5.20. The largest absolute Gasteiger partial charge is 0.387 e. The fourth-order valence-corrected chi connectivity index (χ4v) is 2.70. The van der Waals surface area contributed by atoms with Crippen LogP contribution in [0.15, 0.2) is 0 Å². The molecule has 0 bridgehead atoms. The molecule has 3 fully saturated rings. The monoisotopic (exact) mass is 359 g/mol. The van der Waals surface area contributed by atoms with Gasteiger partial charge in [-0.1, -0.05) is 0 Å². The Morgan fingerprint density at radius 2 is 1.08 bits per heavy atom. The minimum absolute atomic E-state index is 0.349. The van der Waals surface area contributed by atoms with E-state index >= 15 is 0 Å². The summed E-state index contributed by atoms with van der Waals surface area (Å²) in [5.74, 6) is 0. The molecule has 0 amide bonds. The Hall–Kier alpha value is -2.52. The first kappa shape index (κ1) is 21.5. The lowest BCUT2D eigenvalue weighted by atomic mass is 9.58. The Kier molecular flexibility index (Phi) is 7.02. The van der Waals surface area contributed by atoms with Crippen molar-refractivity contribution < 1.29 is 45.8 Å². The molecule has 2 saturated carbocycles. The van der Waals surface area contributed by atoms with Gasteiger partial charge >= 0.3 is 0 Å². The summed E-state index contributed by atoms with van der Waals surface area (Å²) in [6, 6.07) is 0. The first-order chi connectivity index (χ1) is 10.8. The molecule has 24 heavy (non-hydrogen) atoms. The summed E-state index contributed by atoms with van der Waals surface area (Å²) in [7, 11) is 0. The summed E-state index contributed by atoms with van der Waals surface area (Å²) >= 11 is 0. The molecule has 0 radical (unpaired) electrons. The third-order valence-corrected chi connectivity index (χ3v) is 4.02. The van der Waals surface area contributed by atoms with Gasteiger partial charge in [-0.25, -0.2) is 0 Å². The molecule has 140 valence electrons. The highest BCUT2D eigenvalue weighted by Gasteiger charge is 2.74. The minimum Gasteiger partial charge on any atom is -0.387 e. The zero-order valence-corrected chi connectivity index (χ0v) is 12.2. The summed E-state index contributed by atoms with van der Waals surface area (Å²) in [5.41, 5.74) is -2.05. The van der Waals surface area contributed by atoms with Gasteiger partial charge in [-0.15, -0.1) is 30.3 Å². The van der Waals surface area contributed by atoms with Crippen LogP contribution in [0.4, 0.5) is 0 Å². The third-order valence-electron chi connectivity index (χ3n) is 4.02. The van der Waals surface area contributed by atoms with Gasteiger partial charge in [-0.3, -0.25) is 0 Å². The van der Waals surface area contributed by atoms with Gasteiger partial charge in [0.15, 0.2) is 0 Å². The number of aliphatic hydroxyl groups is 2. The number of rotatable bonds is 1. The Morgan fingerprint density at radius 3 is 1.21 bits per heavy atom. The highest BCUT2D eigenvalue weighted by atomic mass is 16.9. The second-order valence-electron chi connectivity index (χ2n) is 5.20. The van der Waals surface area contributed by atoms with Crippen molar-refractivity contribution in [2.45, 2.75) is 48.9 Å². The van der Waals surface area contributed by atoms with Crippen LogP contribution >= 0.6 is 0 Å². The van der Waals surface area contributed by atoms with Crippen LogP contribution < -0.4 is 0 Å². The van der Waals surface area contributed by atoms with Gasteiger partial charge in [-0.05, 0) is 25.7 Å². The Bertz CT molecular complexity index is 430. The van der Waals surface area contributed by atoms with E-state index in [4.69, 9.17) is 50.7 Å². The topological polar surface area (TPSA) is 240 Å². The fourth-order valence-electron chi connectivity index (χ4n) is 2.70. The molecule has 2 aliphatic carbocycles. The van der Waals surface area contributed by atoms with Crippen LogP contribution in [0, 0.1) is 30.3 Å². The van der Waals surface area contributed by atoms with Gasteiger partial charge in [0.05, 0.1) is 12.2 Å². The van der Waals surface area contributed by atoms with E-state index in [2.05, 4.69) is 0 Å². The van der Waals surface area contributed by atoms with Crippen LogP contribution in [0.1, 0.15) is 32.1 Å². The van der Waals surface area contributed by atoms with E-state index < -0.39 is 26.5 Å². The fraction of sp³-hybridized carbons (Fsp3) is 1.00. The maximum absolute atomic E-state index is 10.2. The molecule has 15 nitrogen and oxygen atoms in total. The van der Waals surface area contributed by atoms with Crippen molar-refractivity contribution in [1.29, 1.82) is 0 Å². The predicted molar refractivity (Wildman–Crippen MR) is 68.0 cm³/mol. The Morgan fingerprint density at radius 1 is 0.750 bits per heavy atom. The predicted octanol–water partition coefficient (Wildman–Crippen LogP) is -0.848. The molecule has 5 N–H and O–H groups in total. The van der Waals surface area contributed by atoms with E-state index in [1.54, 1.807) is 0 Å². The van der Waals surface area contributed by atoms with Crippen molar-refractivity contribution >= 4 is 0 Å². The first-order valence-corrected chi connectivity index (χ1v) is 6.40. The van der Waals surface area contributed by atoms with Gasteiger partial charge < -0.3 is 30.6 Å². The molecule has 0 aromatic carbocycles. The van der Waals surface area contributed by atoms with Crippen LogP contribution in [0.5, 0.6) is 0 Å². The molecular weight excluding hydrogens is 342 g/mol. The first-order valence-electron chi connectivity index (χ1n) is 6.40. The zero-order valence-electron chi connectivity index (χ0n) is 12.2. The normalized spacial score (nSPS) is 30.2. The Balaban J connectivity index is 0.000000372. The van der Waals surface area contributed by atoms with Crippen molar-refractivity contribution in [1.82, 2.24) is 0 Å². The van der Waals surface area contributed by atoms with Crippen molar-refractivity contribution in [2.24, 2.45) is 0 Å². The maximum Gasteiger partial charge on any atom is 0.291 e. The van der Waals surface area contributed by atoms with Crippen molar-refractivity contribution in [2.75, 3.05) is 6.61 Å². The van der Waals surface area contributed by atoms with E-state index in [-0.39, 0.29) is 5.60 Å². The smallest absolute Gasteiger partial charge is 0.291 e. The van der Waals surface area contributed by atoms with E-state index in [0.717, 1.165) is 32.3 Å². The molecule has 15 heteroatoms. The number of nitrogens with zero attached hydrogens (tertiary/aromatic N) is 3. The van der Waals surface area contributed by atoms with E-state index in [1.807, 2.05) is 0 Å². The molecular formula is C9H17N3O12. The van der Waals surface area contributed by atoms with Crippen LogP contribution in [-0.2, 0) is 4.74 Å². The standard InChI is InChI=1S/C9H14O3.3HNO3/c10-7(1-2-7)9(11)4-3-8(9)5-6-12-8;3*2-1(3)4/h10-11H,1-6H2;3*(H,2,3,4). The summed E-state index contributed by atoms with van der Waals surface area (Å²) < 4.78 is 5.43. The number of hydrogen-bond donors (Lipinski definition) is 5. The third kappa shape index (κ3) is 5.28. The highest BCUT2D eigenvalue weighted by molar-refractivity contribution is 5.26. The summed E-state index contributed by atoms with van der Waals surface area (Å²) in [5, 5.41) is 61.0. The van der Waals surface area contributed by atoms with Gasteiger partial charge in [-0.2, -0.15) is 0 Å². The van der Waals surface area contributed by atoms with Crippen LogP contribution in [0.25, 0.3) is 0 Å². The quantitative estimate of drug-likeness (QED) is 0.284. The van der Waals surface area contributed by atoms with Crippen molar-refractivity contribution in [3.05, 3.63) is 30.3 Å². The average Bonchev–Trinajstić information content (AvgIpc) is 3.02. The Labute approximate surface area is 133 Å². The summed E-state index contributed by atoms with van der Waals surface area (Å²) in [6.45, 7) is 0.748. The number of hydrogen-bond acceptors (Lipinski definition) is 9. The van der Waals surface area contributed by atoms with Gasteiger partial charge in [0.25, 0.3) is 15.3 Å². The molecule has 1 heterocycles. The van der Waals surface area contributed by atoms with Crippen LogP contribution in [-0.4, -0.2) is 64.5 Å². The molecule has 1 saturated heterocycles. The van der Waals surface area contributed by atoms with Crippen molar-refractivity contribution in [3.8, 4) is 0 Å². The van der Waals surface area contributed by atoms with Gasteiger partial charge in [0.2, 0.25) is 0 Å². The molecule has 2 unspecified atom stereocenters. The maximum atomic E-state index is 10.2. The van der Waals surface area contributed by atoms with Crippen LogP contribution in [0.3, 0.4) is 0 Å². The highest BCUT2D eigenvalue weighted by Crippen LogP contribution is 2.63. The van der Waals surface area contributed by atoms with Gasteiger partial charge in [0.1, 0.15) is 11.2 Å². The molecule has 3 aliphatic rings. The van der Waals surface area contributed by atoms with Crippen molar-refractivity contribution in [3.63, 3.8) is 0 Å².